The molecule has 132 valence electrons. The molecule has 0 spiro atoms. The van der Waals surface area contributed by atoms with Gasteiger partial charge >= 0.3 is 0 Å². The summed E-state index contributed by atoms with van der Waals surface area (Å²) in [5, 5.41) is 3.17. The summed E-state index contributed by atoms with van der Waals surface area (Å²) >= 11 is -1.31. The third-order valence-corrected chi connectivity index (χ3v) is 4.93. The topological polar surface area (TPSA) is 60.0 Å². The van der Waals surface area contributed by atoms with Crippen LogP contribution in [0, 0.1) is 6.92 Å². The summed E-state index contributed by atoms with van der Waals surface area (Å²) in [5.74, 6) is 0. The lowest BCUT2D eigenvalue weighted by molar-refractivity contribution is 0.600. The highest BCUT2D eigenvalue weighted by molar-refractivity contribution is 7.92. The van der Waals surface area contributed by atoms with Crippen LogP contribution in [-0.4, -0.2) is 9.54 Å². The molecule has 0 bridgehead atoms. The number of aromatic nitrogens is 1. The highest BCUT2D eigenvalue weighted by Crippen LogP contribution is 2.28. The number of hydrogen-bond donors (Lipinski definition) is 2. The van der Waals surface area contributed by atoms with Crippen LogP contribution in [0.1, 0.15) is 12.5 Å². The number of rotatable bonds is 6. The van der Waals surface area contributed by atoms with Crippen molar-refractivity contribution < 1.29 is 4.55 Å². The molecule has 1 unspecified atom stereocenters. The molecule has 1 heterocycles. The van der Waals surface area contributed by atoms with E-state index in [1.54, 1.807) is 6.20 Å². The highest BCUT2D eigenvalue weighted by atomic mass is 32.2. The Hall–Kier alpha value is -2.76. The second-order valence-electron chi connectivity index (χ2n) is 6.08. The first-order valence-electron chi connectivity index (χ1n) is 8.25. The molecular formula is C21H21N3OS. The van der Waals surface area contributed by atoms with Gasteiger partial charge in [-0.25, -0.2) is 4.72 Å². The van der Waals surface area contributed by atoms with Gasteiger partial charge in [-0.15, -0.1) is 0 Å². The van der Waals surface area contributed by atoms with Gasteiger partial charge in [-0.3, -0.25) is 4.98 Å². The van der Waals surface area contributed by atoms with Gasteiger partial charge in [0, 0.05) is 17.5 Å². The molecule has 1 atom stereocenters. The predicted octanol–water partition coefficient (Wildman–Crippen LogP) is 5.14. The molecule has 3 aromatic rings. The smallest absolute Gasteiger partial charge is 0.179 e. The normalized spacial score (nSPS) is 11.7. The quantitative estimate of drug-likeness (QED) is 0.596. The Morgan fingerprint density at radius 2 is 1.81 bits per heavy atom. The van der Waals surface area contributed by atoms with Gasteiger partial charge in [0.05, 0.1) is 17.6 Å². The van der Waals surface area contributed by atoms with Crippen molar-refractivity contribution in [3.63, 3.8) is 0 Å². The zero-order valence-corrected chi connectivity index (χ0v) is 15.6. The fourth-order valence-corrected chi connectivity index (χ4v) is 3.47. The Labute approximate surface area is 157 Å². The van der Waals surface area contributed by atoms with Crippen LogP contribution in [0.5, 0.6) is 0 Å². The Morgan fingerprint density at radius 1 is 1.04 bits per heavy atom. The standard InChI is InChI=1S/C21H21N3OS/c1-15(2)23-19-11-18(13-22-14-19)17-10-9-16(3)21(12-17)24-26(25)20-7-5-4-6-8-20/h4-14,23-24H,1H2,2-3H3. The van der Waals surface area contributed by atoms with Crippen LogP contribution in [0.3, 0.4) is 0 Å². The lowest BCUT2D eigenvalue weighted by atomic mass is 10.0. The summed E-state index contributed by atoms with van der Waals surface area (Å²) in [6.45, 7) is 7.75. The van der Waals surface area contributed by atoms with Crippen molar-refractivity contribution in [2.24, 2.45) is 0 Å². The molecule has 0 radical (unpaired) electrons. The minimum atomic E-state index is -1.31. The molecule has 0 aliphatic rings. The van der Waals surface area contributed by atoms with Crippen LogP contribution >= 0.6 is 0 Å². The van der Waals surface area contributed by atoms with Crippen molar-refractivity contribution >= 4 is 22.7 Å². The second-order valence-corrected chi connectivity index (χ2v) is 7.29. The van der Waals surface area contributed by atoms with Crippen LogP contribution in [0.2, 0.25) is 0 Å². The third-order valence-electron chi connectivity index (χ3n) is 3.83. The fraction of sp³-hybridized carbons (Fsp3) is 0.0952. The maximum absolute atomic E-state index is 12.6. The average Bonchev–Trinajstić information content (AvgIpc) is 2.64. The highest BCUT2D eigenvalue weighted by Gasteiger charge is 2.13. The lowest BCUT2D eigenvalue weighted by Crippen LogP contribution is -2.13. The first-order valence-corrected chi connectivity index (χ1v) is 9.40. The lowest BCUT2D eigenvalue weighted by Gasteiger charge is -2.15. The predicted molar refractivity (Wildman–Crippen MR) is 109 cm³/mol. The zero-order valence-electron chi connectivity index (χ0n) is 14.8. The van der Waals surface area contributed by atoms with Gasteiger partial charge in [-0.2, -0.15) is 0 Å². The minimum absolute atomic E-state index is 0.742. The number of aryl methyl sites for hydroxylation is 1. The fourth-order valence-electron chi connectivity index (χ4n) is 2.53. The Kier molecular flexibility index (Phi) is 5.61. The molecule has 0 saturated carbocycles. The number of benzene rings is 2. The number of nitrogens with one attached hydrogen (secondary N) is 2. The van der Waals surface area contributed by atoms with E-state index >= 15 is 0 Å². The van der Waals surface area contributed by atoms with Crippen molar-refractivity contribution in [2.75, 3.05) is 10.0 Å². The summed E-state index contributed by atoms with van der Waals surface area (Å²) < 4.78 is 15.7. The molecule has 0 aliphatic carbocycles. The molecule has 26 heavy (non-hydrogen) atoms. The summed E-state index contributed by atoms with van der Waals surface area (Å²) in [7, 11) is 0. The summed E-state index contributed by atoms with van der Waals surface area (Å²) in [5.41, 5.74) is 5.59. The van der Waals surface area contributed by atoms with Crippen LogP contribution < -0.4 is 10.0 Å². The Morgan fingerprint density at radius 3 is 2.54 bits per heavy atom. The number of allylic oxidation sites excluding steroid dienone is 1. The summed E-state index contributed by atoms with van der Waals surface area (Å²) in [6.07, 6.45) is 3.57. The molecule has 2 N–H and O–H groups in total. The van der Waals surface area contributed by atoms with E-state index in [0.717, 1.165) is 38.7 Å². The van der Waals surface area contributed by atoms with Crippen molar-refractivity contribution in [1.29, 1.82) is 0 Å². The molecule has 0 saturated heterocycles. The van der Waals surface area contributed by atoms with Gasteiger partial charge in [0.15, 0.2) is 4.90 Å². The molecule has 2 aromatic carbocycles. The Balaban J connectivity index is 1.87. The monoisotopic (exact) mass is 363 g/mol. The number of hydrogen-bond acceptors (Lipinski definition) is 4. The van der Waals surface area contributed by atoms with E-state index in [1.165, 1.54) is 0 Å². The molecule has 1 aromatic heterocycles. The SMILES string of the molecule is C=C(C)Nc1cncc(-c2ccc(C)c(N[S+]([O-])c3ccccc3)c2)c1. The van der Waals surface area contributed by atoms with Gasteiger partial charge in [-0.1, -0.05) is 36.9 Å². The van der Waals surface area contributed by atoms with Gasteiger partial charge < -0.3 is 9.87 Å². The van der Waals surface area contributed by atoms with E-state index in [0.29, 0.717) is 0 Å². The van der Waals surface area contributed by atoms with Crippen LogP contribution in [-0.2, 0) is 11.4 Å². The number of pyridine rings is 1. The molecule has 3 rings (SSSR count). The van der Waals surface area contributed by atoms with Gasteiger partial charge in [0.25, 0.3) is 0 Å². The summed E-state index contributed by atoms with van der Waals surface area (Å²) in [4.78, 5) is 5.03. The van der Waals surface area contributed by atoms with Crippen molar-refractivity contribution in [3.8, 4) is 11.1 Å². The first-order chi connectivity index (χ1) is 12.5. The van der Waals surface area contributed by atoms with E-state index < -0.39 is 11.4 Å². The maximum atomic E-state index is 12.6. The van der Waals surface area contributed by atoms with E-state index in [2.05, 4.69) is 21.6 Å². The molecule has 5 heteroatoms. The third kappa shape index (κ3) is 4.45. The van der Waals surface area contributed by atoms with Crippen LogP contribution in [0.25, 0.3) is 11.1 Å². The van der Waals surface area contributed by atoms with Gasteiger partial charge in [-0.05, 0) is 49.2 Å². The molecule has 0 amide bonds. The van der Waals surface area contributed by atoms with Crippen molar-refractivity contribution in [1.82, 2.24) is 4.98 Å². The van der Waals surface area contributed by atoms with E-state index in [4.69, 9.17) is 0 Å². The van der Waals surface area contributed by atoms with E-state index in [9.17, 15) is 4.55 Å². The molecule has 0 fully saturated rings. The Bertz CT molecular complexity index is 912. The van der Waals surface area contributed by atoms with E-state index in [1.807, 2.05) is 74.6 Å². The van der Waals surface area contributed by atoms with Gasteiger partial charge in [0.1, 0.15) is 11.4 Å². The van der Waals surface area contributed by atoms with Gasteiger partial charge in [0.2, 0.25) is 0 Å². The minimum Gasteiger partial charge on any atom is -0.588 e. The zero-order chi connectivity index (χ0) is 18.5. The maximum Gasteiger partial charge on any atom is 0.179 e. The number of nitrogens with zero attached hydrogens (tertiary/aromatic N) is 1. The molecule has 4 nitrogen and oxygen atoms in total. The molecule has 0 aliphatic heterocycles. The van der Waals surface area contributed by atoms with Crippen LogP contribution in [0.15, 0.2) is 84.2 Å². The van der Waals surface area contributed by atoms with E-state index in [-0.39, 0.29) is 0 Å². The van der Waals surface area contributed by atoms with Crippen molar-refractivity contribution in [3.05, 3.63) is 84.8 Å². The first kappa shape index (κ1) is 18.0. The average molecular weight is 363 g/mol. The largest absolute Gasteiger partial charge is 0.588 e. The van der Waals surface area contributed by atoms with Crippen LogP contribution in [0.4, 0.5) is 11.4 Å². The second kappa shape index (κ2) is 8.08. The van der Waals surface area contributed by atoms with Crippen molar-refractivity contribution in [2.45, 2.75) is 18.7 Å². The molecular weight excluding hydrogens is 342 g/mol. The number of anilines is 2. The summed E-state index contributed by atoms with van der Waals surface area (Å²) in [6, 6.07) is 17.4.